The summed E-state index contributed by atoms with van der Waals surface area (Å²) < 4.78 is 19.2. The Balaban J connectivity index is 1.77. The molecule has 0 bridgehead atoms. The van der Waals surface area contributed by atoms with E-state index in [2.05, 4.69) is 5.32 Å². The van der Waals surface area contributed by atoms with Gasteiger partial charge in [0.05, 0.1) is 6.04 Å². The van der Waals surface area contributed by atoms with Crippen LogP contribution in [0.15, 0.2) is 35.7 Å². The first kappa shape index (κ1) is 24.0. The topological polar surface area (TPSA) is 61.9 Å². The highest BCUT2D eigenvalue weighted by Gasteiger charge is 2.34. The summed E-state index contributed by atoms with van der Waals surface area (Å²) in [5.74, 6) is 0.129. The molecule has 0 aliphatic carbocycles. The summed E-state index contributed by atoms with van der Waals surface area (Å²) in [6, 6.07) is 7.36. The smallest absolute Gasteiger partial charge is 0.318 e. The van der Waals surface area contributed by atoms with Gasteiger partial charge in [0.2, 0.25) is 5.91 Å². The van der Waals surface area contributed by atoms with Crippen molar-refractivity contribution in [3.63, 3.8) is 0 Å². The summed E-state index contributed by atoms with van der Waals surface area (Å²) in [5.41, 5.74) is 1.08. The minimum absolute atomic E-state index is 0.00985. The highest BCUT2D eigenvalue weighted by molar-refractivity contribution is 7.10. The molecule has 174 valence electrons. The molecule has 1 aromatic carbocycles. The number of hydrogen-bond donors (Lipinski definition) is 1. The first-order valence-corrected chi connectivity index (χ1v) is 12.0. The SMILES string of the molecule is CC[C@H](C)N(CC(=O)N1CCc2sccc2[C@@H]1COc1ccc(F)cc1)C(=O)NC(C)C. The number of urea groups is 1. The minimum atomic E-state index is -0.322. The van der Waals surface area contributed by atoms with Gasteiger partial charge in [0, 0.05) is 23.5 Å². The predicted molar refractivity (Wildman–Crippen MR) is 124 cm³/mol. The Morgan fingerprint density at radius 3 is 2.62 bits per heavy atom. The molecule has 32 heavy (non-hydrogen) atoms. The number of amides is 3. The molecule has 0 radical (unpaired) electrons. The molecule has 0 saturated carbocycles. The standard InChI is InChI=1S/C24H32FN3O3S/c1-5-17(4)28(24(30)26-16(2)3)14-23(29)27-12-10-22-20(11-13-32-22)21(27)15-31-19-8-6-18(25)7-9-19/h6-9,11,13,16-17,21H,5,10,12,14-15H2,1-4H3,(H,26,30)/t17-,21-/m0/s1. The van der Waals surface area contributed by atoms with Crippen LogP contribution in [0.1, 0.15) is 50.6 Å². The second kappa shape index (κ2) is 10.8. The molecule has 3 rings (SSSR count). The van der Waals surface area contributed by atoms with Gasteiger partial charge in [-0.15, -0.1) is 11.3 Å². The Morgan fingerprint density at radius 1 is 1.25 bits per heavy atom. The number of carbonyl (C=O) groups is 2. The van der Waals surface area contributed by atoms with Crippen molar-refractivity contribution in [2.24, 2.45) is 0 Å². The van der Waals surface area contributed by atoms with E-state index in [4.69, 9.17) is 4.74 Å². The number of benzene rings is 1. The molecule has 0 spiro atoms. The van der Waals surface area contributed by atoms with E-state index in [9.17, 15) is 14.0 Å². The lowest BCUT2D eigenvalue weighted by molar-refractivity contribution is -0.136. The molecule has 1 aliphatic heterocycles. The molecule has 2 aromatic rings. The average molecular weight is 462 g/mol. The van der Waals surface area contributed by atoms with Crippen LogP contribution < -0.4 is 10.1 Å². The third-order valence-corrected chi connectivity index (χ3v) is 6.73. The van der Waals surface area contributed by atoms with Crippen LogP contribution in [0.5, 0.6) is 5.75 Å². The van der Waals surface area contributed by atoms with E-state index in [0.717, 1.165) is 18.4 Å². The van der Waals surface area contributed by atoms with Gasteiger partial charge in [-0.25, -0.2) is 9.18 Å². The van der Waals surface area contributed by atoms with Gasteiger partial charge in [-0.1, -0.05) is 6.92 Å². The van der Waals surface area contributed by atoms with Crippen LogP contribution in [-0.2, 0) is 11.2 Å². The van der Waals surface area contributed by atoms with Crippen LogP contribution in [0.2, 0.25) is 0 Å². The van der Waals surface area contributed by atoms with Gasteiger partial charge in [-0.3, -0.25) is 4.79 Å². The highest BCUT2D eigenvalue weighted by Crippen LogP contribution is 2.34. The van der Waals surface area contributed by atoms with Crippen molar-refractivity contribution in [2.75, 3.05) is 19.7 Å². The number of rotatable bonds is 8. The van der Waals surface area contributed by atoms with Crippen LogP contribution in [-0.4, -0.2) is 53.5 Å². The van der Waals surface area contributed by atoms with Crippen LogP contribution in [0.4, 0.5) is 9.18 Å². The molecule has 3 amide bonds. The van der Waals surface area contributed by atoms with Gasteiger partial charge in [0.25, 0.3) is 0 Å². The Kier molecular flexibility index (Phi) is 8.12. The first-order chi connectivity index (χ1) is 15.3. The maximum Gasteiger partial charge on any atom is 0.318 e. The van der Waals surface area contributed by atoms with Gasteiger partial charge in [0.15, 0.2) is 0 Å². The van der Waals surface area contributed by atoms with E-state index in [1.165, 1.54) is 17.0 Å². The fourth-order valence-corrected chi connectivity index (χ4v) is 4.72. The molecule has 0 fully saturated rings. The van der Waals surface area contributed by atoms with Crippen molar-refractivity contribution in [1.29, 1.82) is 0 Å². The quantitative estimate of drug-likeness (QED) is 0.625. The van der Waals surface area contributed by atoms with Crippen molar-refractivity contribution < 1.29 is 18.7 Å². The van der Waals surface area contributed by atoms with Gasteiger partial charge < -0.3 is 19.9 Å². The molecule has 1 aromatic heterocycles. The van der Waals surface area contributed by atoms with Gasteiger partial charge in [-0.2, -0.15) is 0 Å². The summed E-state index contributed by atoms with van der Waals surface area (Å²) in [6.07, 6.45) is 1.54. The molecule has 2 heterocycles. The second-order valence-electron chi connectivity index (χ2n) is 8.41. The van der Waals surface area contributed by atoms with Gasteiger partial charge in [0.1, 0.15) is 24.7 Å². The zero-order valence-electron chi connectivity index (χ0n) is 19.1. The summed E-state index contributed by atoms with van der Waals surface area (Å²) in [7, 11) is 0. The molecule has 1 N–H and O–H groups in total. The number of nitrogens with one attached hydrogen (secondary N) is 1. The molecule has 0 saturated heterocycles. The minimum Gasteiger partial charge on any atom is -0.491 e. The maximum absolute atomic E-state index is 13.4. The van der Waals surface area contributed by atoms with Gasteiger partial charge in [-0.05, 0) is 74.9 Å². The number of ether oxygens (including phenoxy) is 1. The van der Waals surface area contributed by atoms with Crippen LogP contribution >= 0.6 is 11.3 Å². The lowest BCUT2D eigenvalue weighted by Crippen LogP contribution is -2.53. The van der Waals surface area contributed by atoms with E-state index in [0.29, 0.717) is 12.3 Å². The average Bonchev–Trinajstić information content (AvgIpc) is 3.24. The second-order valence-corrected chi connectivity index (χ2v) is 9.41. The Morgan fingerprint density at radius 2 is 1.97 bits per heavy atom. The number of carbonyl (C=O) groups excluding carboxylic acids is 2. The van der Waals surface area contributed by atoms with E-state index in [-0.39, 0.29) is 49.0 Å². The molecule has 6 nitrogen and oxygen atoms in total. The maximum atomic E-state index is 13.4. The van der Waals surface area contributed by atoms with E-state index >= 15 is 0 Å². The van der Waals surface area contributed by atoms with E-state index < -0.39 is 0 Å². The van der Waals surface area contributed by atoms with E-state index in [1.807, 2.05) is 44.0 Å². The van der Waals surface area contributed by atoms with Gasteiger partial charge >= 0.3 is 6.03 Å². The van der Waals surface area contributed by atoms with Crippen molar-refractivity contribution in [2.45, 2.75) is 58.7 Å². The number of halogens is 1. The summed E-state index contributed by atoms with van der Waals surface area (Å²) in [6.45, 7) is 8.62. The van der Waals surface area contributed by atoms with Crippen LogP contribution in [0, 0.1) is 5.82 Å². The van der Waals surface area contributed by atoms with Crippen LogP contribution in [0.25, 0.3) is 0 Å². The lowest BCUT2D eigenvalue weighted by atomic mass is 10.00. The fraction of sp³-hybridized carbons (Fsp3) is 0.500. The fourth-order valence-electron chi connectivity index (χ4n) is 3.80. The molecule has 1 aliphatic rings. The van der Waals surface area contributed by atoms with Crippen molar-refractivity contribution in [3.8, 4) is 5.75 Å². The Labute approximate surface area is 193 Å². The zero-order valence-corrected chi connectivity index (χ0v) is 20.0. The monoisotopic (exact) mass is 461 g/mol. The van der Waals surface area contributed by atoms with Crippen molar-refractivity contribution in [1.82, 2.24) is 15.1 Å². The van der Waals surface area contributed by atoms with Crippen molar-refractivity contribution in [3.05, 3.63) is 52.0 Å². The summed E-state index contributed by atoms with van der Waals surface area (Å²) in [5, 5.41) is 4.94. The summed E-state index contributed by atoms with van der Waals surface area (Å²) >= 11 is 1.68. The number of hydrogen-bond acceptors (Lipinski definition) is 4. The normalized spacial score (nSPS) is 16.4. The third-order valence-electron chi connectivity index (χ3n) is 5.74. The third kappa shape index (κ3) is 5.79. The largest absolute Gasteiger partial charge is 0.491 e. The van der Waals surface area contributed by atoms with E-state index in [1.54, 1.807) is 28.4 Å². The molecular weight excluding hydrogens is 429 g/mol. The predicted octanol–water partition coefficient (Wildman–Crippen LogP) is 4.61. The zero-order chi connectivity index (χ0) is 23.3. The molecule has 8 heteroatoms. The van der Waals surface area contributed by atoms with Crippen LogP contribution in [0.3, 0.4) is 0 Å². The highest BCUT2D eigenvalue weighted by atomic mass is 32.1. The summed E-state index contributed by atoms with van der Waals surface area (Å²) in [4.78, 5) is 30.8. The number of fused-ring (bicyclic) bond motifs is 1. The Bertz CT molecular complexity index is 915. The molecule has 2 atom stereocenters. The Hall–Kier alpha value is -2.61. The number of nitrogens with zero attached hydrogens (tertiary/aromatic N) is 2. The lowest BCUT2D eigenvalue weighted by Gasteiger charge is -2.38. The van der Waals surface area contributed by atoms with Crippen molar-refractivity contribution >= 4 is 23.3 Å². The number of thiophene rings is 1. The molecular formula is C24H32FN3O3S. The molecule has 0 unspecified atom stereocenters. The first-order valence-electron chi connectivity index (χ1n) is 11.1.